The third-order valence-corrected chi connectivity index (χ3v) is 6.33. The molecule has 2 N–H and O–H groups in total. The molecule has 0 bridgehead atoms. The first-order chi connectivity index (χ1) is 14.7. The summed E-state index contributed by atoms with van der Waals surface area (Å²) in [5.41, 5.74) is 1.15. The molecular formula is C23H38ClN5O. The van der Waals surface area contributed by atoms with E-state index >= 15 is 0 Å². The minimum atomic E-state index is 0.157. The second kappa shape index (κ2) is 12.5. The number of halogens is 1. The zero-order valence-corrected chi connectivity index (χ0v) is 19.3. The third-order valence-electron chi connectivity index (χ3n) is 5.99. The van der Waals surface area contributed by atoms with Crippen LogP contribution >= 0.6 is 11.6 Å². The van der Waals surface area contributed by atoms with Crippen molar-refractivity contribution < 1.29 is 4.74 Å². The molecule has 168 valence electrons. The van der Waals surface area contributed by atoms with Crippen molar-refractivity contribution in [2.75, 3.05) is 59.0 Å². The number of hydrogen-bond acceptors (Lipinski definition) is 4. The highest BCUT2D eigenvalue weighted by molar-refractivity contribution is 6.31. The van der Waals surface area contributed by atoms with Crippen LogP contribution in [0.1, 0.15) is 44.7 Å². The number of nitrogens with zero attached hydrogens (tertiary/aromatic N) is 3. The Morgan fingerprint density at radius 3 is 2.57 bits per heavy atom. The Kier molecular flexibility index (Phi) is 9.72. The quantitative estimate of drug-likeness (QED) is 0.485. The van der Waals surface area contributed by atoms with Gasteiger partial charge in [-0.2, -0.15) is 0 Å². The molecule has 1 atom stereocenters. The van der Waals surface area contributed by atoms with E-state index in [4.69, 9.17) is 21.3 Å². The van der Waals surface area contributed by atoms with Gasteiger partial charge in [0, 0.05) is 43.8 Å². The lowest BCUT2D eigenvalue weighted by Gasteiger charge is -2.35. The Hall–Kier alpha value is -1.34. The first kappa shape index (κ1) is 23.3. The third kappa shape index (κ3) is 6.84. The highest BCUT2D eigenvalue weighted by atomic mass is 35.5. The average molecular weight is 436 g/mol. The first-order valence-corrected chi connectivity index (χ1v) is 11.9. The molecule has 0 spiro atoms. The molecule has 6 nitrogen and oxygen atoms in total. The smallest absolute Gasteiger partial charge is 0.191 e. The van der Waals surface area contributed by atoms with Gasteiger partial charge in [0.25, 0.3) is 0 Å². The average Bonchev–Trinajstić information content (AvgIpc) is 2.77. The number of hydrogen-bond donors (Lipinski definition) is 2. The zero-order chi connectivity index (χ0) is 21.2. The van der Waals surface area contributed by atoms with Crippen LogP contribution in [0.2, 0.25) is 5.02 Å². The molecule has 1 unspecified atom stereocenters. The van der Waals surface area contributed by atoms with Gasteiger partial charge in [-0.25, -0.2) is 0 Å². The molecule has 30 heavy (non-hydrogen) atoms. The first-order valence-electron chi connectivity index (χ1n) is 11.5. The predicted molar refractivity (Wildman–Crippen MR) is 125 cm³/mol. The number of aliphatic imine (C=N–C) groups is 1. The fourth-order valence-electron chi connectivity index (χ4n) is 4.35. The van der Waals surface area contributed by atoms with Gasteiger partial charge in [-0.3, -0.25) is 9.89 Å². The summed E-state index contributed by atoms with van der Waals surface area (Å²) < 4.78 is 5.57. The number of guanidine groups is 1. The van der Waals surface area contributed by atoms with Crippen molar-refractivity contribution in [3.63, 3.8) is 0 Å². The number of likely N-dealkylation sites (tertiary alicyclic amines) is 1. The maximum atomic E-state index is 6.57. The monoisotopic (exact) mass is 435 g/mol. The zero-order valence-electron chi connectivity index (χ0n) is 18.6. The van der Waals surface area contributed by atoms with Crippen LogP contribution in [0.3, 0.4) is 0 Å². The van der Waals surface area contributed by atoms with Crippen molar-refractivity contribution in [1.29, 1.82) is 0 Å². The molecule has 7 heteroatoms. The lowest BCUT2D eigenvalue weighted by Crippen LogP contribution is -2.49. The van der Waals surface area contributed by atoms with Crippen LogP contribution in [0.15, 0.2) is 29.3 Å². The van der Waals surface area contributed by atoms with Gasteiger partial charge in [-0.1, -0.05) is 36.7 Å². The van der Waals surface area contributed by atoms with E-state index in [1.54, 1.807) is 0 Å². The number of benzene rings is 1. The van der Waals surface area contributed by atoms with Gasteiger partial charge in [0.15, 0.2) is 5.96 Å². The predicted octanol–water partition coefficient (Wildman–Crippen LogP) is 3.14. The molecule has 0 saturated carbocycles. The maximum absolute atomic E-state index is 6.57. The molecule has 0 radical (unpaired) electrons. The van der Waals surface area contributed by atoms with Gasteiger partial charge in [0.1, 0.15) is 0 Å². The summed E-state index contributed by atoms with van der Waals surface area (Å²) in [5.74, 6) is 0.914. The second-order valence-electron chi connectivity index (χ2n) is 8.17. The van der Waals surface area contributed by atoms with Crippen molar-refractivity contribution >= 4 is 17.6 Å². The lowest BCUT2D eigenvalue weighted by molar-refractivity contribution is 0.0180. The minimum absolute atomic E-state index is 0.157. The molecule has 0 aromatic heterocycles. The molecular weight excluding hydrogens is 398 g/mol. The van der Waals surface area contributed by atoms with Crippen LogP contribution < -0.4 is 10.6 Å². The van der Waals surface area contributed by atoms with Gasteiger partial charge >= 0.3 is 0 Å². The highest BCUT2D eigenvalue weighted by Gasteiger charge is 2.25. The van der Waals surface area contributed by atoms with Gasteiger partial charge < -0.3 is 20.3 Å². The lowest BCUT2D eigenvalue weighted by atomic mass is 10.0. The van der Waals surface area contributed by atoms with Crippen LogP contribution in [-0.4, -0.2) is 80.8 Å². The van der Waals surface area contributed by atoms with E-state index in [0.717, 1.165) is 49.4 Å². The molecule has 2 heterocycles. The van der Waals surface area contributed by atoms with Crippen molar-refractivity contribution in [2.45, 2.75) is 45.2 Å². The highest BCUT2D eigenvalue weighted by Crippen LogP contribution is 2.28. The largest absolute Gasteiger partial charge is 0.379 e. The van der Waals surface area contributed by atoms with Crippen molar-refractivity contribution in [3.05, 3.63) is 34.9 Å². The molecule has 0 amide bonds. The Balaban J connectivity index is 1.67. The second-order valence-corrected chi connectivity index (χ2v) is 8.57. The van der Waals surface area contributed by atoms with E-state index in [1.807, 2.05) is 12.1 Å². The number of morpholine rings is 1. The molecule has 2 aliphatic heterocycles. The van der Waals surface area contributed by atoms with Crippen molar-refractivity contribution in [1.82, 2.24) is 20.4 Å². The fourth-order valence-corrected chi connectivity index (χ4v) is 4.61. The summed E-state index contributed by atoms with van der Waals surface area (Å²) in [5, 5.41) is 7.93. The van der Waals surface area contributed by atoms with Crippen molar-refractivity contribution in [3.8, 4) is 0 Å². The molecule has 1 aromatic carbocycles. The van der Waals surface area contributed by atoms with Crippen LogP contribution in [-0.2, 0) is 4.74 Å². The summed E-state index contributed by atoms with van der Waals surface area (Å²) in [6, 6.07) is 8.79. The van der Waals surface area contributed by atoms with Gasteiger partial charge in [-0.05, 0) is 44.4 Å². The normalized spacial score (nSPS) is 20.8. The Morgan fingerprint density at radius 2 is 1.90 bits per heavy atom. The summed E-state index contributed by atoms with van der Waals surface area (Å²) in [7, 11) is 0. The van der Waals surface area contributed by atoms with E-state index in [-0.39, 0.29) is 6.04 Å². The summed E-state index contributed by atoms with van der Waals surface area (Å²) in [6.07, 6.45) is 3.57. The summed E-state index contributed by atoms with van der Waals surface area (Å²) in [4.78, 5) is 10.0. The van der Waals surface area contributed by atoms with E-state index in [0.29, 0.717) is 12.6 Å². The fraction of sp³-hybridized carbons (Fsp3) is 0.696. The van der Waals surface area contributed by atoms with E-state index in [1.165, 1.54) is 38.9 Å². The van der Waals surface area contributed by atoms with Crippen LogP contribution in [0.25, 0.3) is 0 Å². The van der Waals surface area contributed by atoms with Gasteiger partial charge in [-0.15, -0.1) is 0 Å². The molecule has 2 aliphatic rings. The molecule has 0 aliphatic carbocycles. The molecule has 3 rings (SSSR count). The van der Waals surface area contributed by atoms with E-state index in [2.05, 4.69) is 46.4 Å². The van der Waals surface area contributed by atoms with Gasteiger partial charge in [0.2, 0.25) is 0 Å². The number of rotatable bonds is 8. The standard InChI is InChI=1S/C23H38ClN5O/c1-3-11-28-12-9-19(10-13-28)27-23(25-4-2)26-18-22(29-14-16-30-17-15-29)20-7-5-6-8-21(20)24/h5-8,19,22H,3-4,9-18H2,1-2H3,(H2,25,26,27). The van der Waals surface area contributed by atoms with Crippen LogP contribution in [0, 0.1) is 0 Å². The van der Waals surface area contributed by atoms with Crippen LogP contribution in [0.4, 0.5) is 0 Å². The number of nitrogens with one attached hydrogen (secondary N) is 2. The SMILES string of the molecule is CCCN1CCC(NC(=NCC(c2ccccc2Cl)N2CCOCC2)NCC)CC1. The molecule has 1 aromatic rings. The van der Waals surface area contributed by atoms with E-state index < -0.39 is 0 Å². The number of ether oxygens (including phenoxy) is 1. The molecule has 2 saturated heterocycles. The Bertz CT molecular complexity index is 657. The van der Waals surface area contributed by atoms with Crippen molar-refractivity contribution in [2.24, 2.45) is 4.99 Å². The summed E-state index contributed by atoms with van der Waals surface area (Å²) >= 11 is 6.57. The molecule has 2 fully saturated rings. The number of piperidine rings is 1. The Morgan fingerprint density at radius 1 is 1.17 bits per heavy atom. The minimum Gasteiger partial charge on any atom is -0.379 e. The topological polar surface area (TPSA) is 52.1 Å². The van der Waals surface area contributed by atoms with Gasteiger partial charge in [0.05, 0.1) is 25.8 Å². The maximum Gasteiger partial charge on any atom is 0.191 e. The van der Waals surface area contributed by atoms with E-state index in [9.17, 15) is 0 Å². The van der Waals surface area contributed by atoms with Crippen LogP contribution in [0.5, 0.6) is 0 Å². The Labute approximate surface area is 187 Å². The summed E-state index contributed by atoms with van der Waals surface area (Å²) in [6.45, 7) is 12.8.